The van der Waals surface area contributed by atoms with Crippen molar-refractivity contribution < 1.29 is 17.4 Å². The first kappa shape index (κ1) is 35.4. The molecule has 0 aliphatic rings. The summed E-state index contributed by atoms with van der Waals surface area (Å²) in [6.45, 7) is 3.86. The Bertz CT molecular complexity index is 2020. The van der Waals surface area contributed by atoms with Crippen molar-refractivity contribution in [2.24, 2.45) is 0 Å². The van der Waals surface area contributed by atoms with Gasteiger partial charge < -0.3 is 4.55 Å². The fourth-order valence-electron chi connectivity index (χ4n) is 5.61. The number of rotatable bonds is 12. The minimum Gasteiger partial charge on any atom is -0.593 e. The number of aromatic nitrogens is 1. The van der Waals surface area contributed by atoms with Gasteiger partial charge in [0.15, 0.2) is 0 Å². The lowest BCUT2D eigenvalue weighted by atomic mass is 10.0. The van der Waals surface area contributed by atoms with Crippen LogP contribution in [0.3, 0.4) is 0 Å². The summed E-state index contributed by atoms with van der Waals surface area (Å²) in [6.07, 6.45) is 1.57. The average molecular weight is 694 g/mol. The first-order valence-electron chi connectivity index (χ1n) is 15.4. The van der Waals surface area contributed by atoms with Crippen LogP contribution in [0.15, 0.2) is 144 Å². The summed E-state index contributed by atoms with van der Waals surface area (Å²) >= 11 is -1.61. The predicted octanol–water partition coefficient (Wildman–Crippen LogP) is 7.76. The molecular formula is C38H36BFN2O3PS2. The maximum absolute atomic E-state index is 14.5. The summed E-state index contributed by atoms with van der Waals surface area (Å²) in [5.74, 6) is -0.293. The van der Waals surface area contributed by atoms with Crippen LogP contribution in [0, 0.1) is 5.82 Å². The fourth-order valence-corrected chi connectivity index (χ4v) is 10.6. The van der Waals surface area contributed by atoms with Crippen LogP contribution < -0.4 is 15.3 Å². The van der Waals surface area contributed by atoms with Gasteiger partial charge in [-0.3, -0.25) is 0 Å². The average Bonchev–Trinajstić information content (AvgIpc) is 3.41. The van der Waals surface area contributed by atoms with E-state index in [2.05, 4.69) is 29.0 Å². The van der Waals surface area contributed by atoms with Crippen molar-refractivity contribution in [2.45, 2.75) is 42.5 Å². The minimum atomic E-state index is -4.05. The van der Waals surface area contributed by atoms with E-state index in [0.29, 0.717) is 41.3 Å². The molecule has 5 aromatic carbocycles. The molecule has 1 aromatic heterocycles. The Morgan fingerprint density at radius 3 is 1.88 bits per heavy atom. The van der Waals surface area contributed by atoms with Gasteiger partial charge in [-0.2, -0.15) is 0 Å². The van der Waals surface area contributed by atoms with Gasteiger partial charge in [0.1, 0.15) is 16.3 Å². The molecule has 1 N–H and O–H groups in total. The Kier molecular flexibility index (Phi) is 11.2. The number of halogens is 1. The molecule has 0 saturated carbocycles. The van der Waals surface area contributed by atoms with E-state index in [0.717, 1.165) is 16.2 Å². The zero-order valence-electron chi connectivity index (χ0n) is 26.8. The van der Waals surface area contributed by atoms with Crippen molar-refractivity contribution in [3.63, 3.8) is 0 Å². The molecule has 6 rings (SSSR count). The van der Waals surface area contributed by atoms with Gasteiger partial charge in [-0.25, -0.2) is 21.5 Å². The van der Waals surface area contributed by atoms with E-state index < -0.39 is 34.1 Å². The van der Waals surface area contributed by atoms with Crippen molar-refractivity contribution in [1.29, 1.82) is 0 Å². The minimum absolute atomic E-state index is 0. The van der Waals surface area contributed by atoms with Gasteiger partial charge in [-0.1, -0.05) is 109 Å². The molecule has 0 fully saturated rings. The molecule has 1 unspecified atom stereocenters. The van der Waals surface area contributed by atoms with Crippen LogP contribution in [0.25, 0.3) is 10.9 Å². The lowest BCUT2D eigenvalue weighted by Crippen LogP contribution is -2.37. The van der Waals surface area contributed by atoms with E-state index >= 15 is 0 Å². The van der Waals surface area contributed by atoms with Gasteiger partial charge in [-0.15, -0.1) is 0 Å². The van der Waals surface area contributed by atoms with E-state index in [1.807, 2.05) is 68.4 Å². The third kappa shape index (κ3) is 7.55. The number of hydrogen-bond acceptors (Lipinski definition) is 4. The van der Waals surface area contributed by atoms with E-state index in [1.165, 1.54) is 16.1 Å². The molecule has 5 nitrogen and oxygen atoms in total. The van der Waals surface area contributed by atoms with Crippen LogP contribution in [0.4, 0.5) is 10.1 Å². The number of hydrogen-bond donors (Lipinski definition) is 1. The summed E-state index contributed by atoms with van der Waals surface area (Å²) in [7, 11) is -5.11. The summed E-state index contributed by atoms with van der Waals surface area (Å²) in [5.41, 5.74) is 2.58. The molecule has 0 bridgehead atoms. The molecule has 48 heavy (non-hydrogen) atoms. The standard InChI is InChI=1S/C38H36FN2O3PS2.B/c1-38(2,27-26-29-22-24-30(39)25-23-29)46(42)40-37-34-20-12-13-21-35(34)41(47(43,44)33-18-10-5-11-19-33)36(37)28-45(31-14-6-3-7-15-31)32-16-8-4-9-17-32;/h3-25,40H,26-28H2,1-2H3;. The first-order valence-corrected chi connectivity index (χ1v) is 19.5. The van der Waals surface area contributed by atoms with Crippen molar-refractivity contribution >= 4 is 64.9 Å². The smallest absolute Gasteiger partial charge is 0.268 e. The van der Waals surface area contributed by atoms with Gasteiger partial charge in [0.05, 0.1) is 27.5 Å². The molecule has 0 saturated heterocycles. The highest BCUT2D eigenvalue weighted by Crippen LogP contribution is 2.45. The van der Waals surface area contributed by atoms with Gasteiger partial charge in [0, 0.05) is 26.4 Å². The molecule has 243 valence electrons. The second-order valence-corrected chi connectivity index (χ2v) is 17.8. The summed E-state index contributed by atoms with van der Waals surface area (Å²) in [4.78, 5) is 0.179. The van der Waals surface area contributed by atoms with Crippen molar-refractivity contribution in [2.75, 3.05) is 4.72 Å². The molecule has 3 radical (unpaired) electrons. The Morgan fingerprint density at radius 1 is 0.771 bits per heavy atom. The molecule has 0 amide bonds. The molecular weight excluding hydrogens is 657 g/mol. The molecule has 10 heteroatoms. The number of nitrogens with one attached hydrogen (secondary N) is 1. The van der Waals surface area contributed by atoms with Crippen LogP contribution in [0.5, 0.6) is 0 Å². The zero-order valence-corrected chi connectivity index (χ0v) is 29.3. The van der Waals surface area contributed by atoms with Crippen molar-refractivity contribution in [3.8, 4) is 0 Å². The maximum atomic E-state index is 14.5. The van der Waals surface area contributed by atoms with E-state index in [9.17, 15) is 17.4 Å². The number of benzene rings is 5. The van der Waals surface area contributed by atoms with E-state index in [4.69, 9.17) is 0 Å². The Morgan fingerprint density at radius 2 is 1.29 bits per heavy atom. The Balaban J connectivity index is 0.00000451. The van der Waals surface area contributed by atoms with Gasteiger partial charge in [0.2, 0.25) is 0 Å². The predicted molar refractivity (Wildman–Crippen MR) is 200 cm³/mol. The molecule has 0 spiro atoms. The highest BCUT2D eigenvalue weighted by atomic mass is 32.2. The lowest BCUT2D eigenvalue weighted by Gasteiger charge is -2.29. The monoisotopic (exact) mass is 693 g/mol. The third-order valence-electron chi connectivity index (χ3n) is 8.28. The molecule has 6 aromatic rings. The summed E-state index contributed by atoms with van der Waals surface area (Å²) in [6, 6.07) is 42.5. The van der Waals surface area contributed by atoms with E-state index in [-0.39, 0.29) is 19.1 Å². The third-order valence-corrected chi connectivity index (χ3v) is 14.1. The zero-order chi connectivity index (χ0) is 33.0. The quantitative estimate of drug-likeness (QED) is 0.0809. The van der Waals surface area contributed by atoms with Gasteiger partial charge in [-0.05, 0) is 74.7 Å². The van der Waals surface area contributed by atoms with Crippen LogP contribution >= 0.6 is 7.92 Å². The highest BCUT2D eigenvalue weighted by molar-refractivity contribution is 7.94. The lowest BCUT2D eigenvalue weighted by molar-refractivity contribution is 0.531. The Labute approximate surface area is 288 Å². The highest BCUT2D eigenvalue weighted by Gasteiger charge is 2.36. The van der Waals surface area contributed by atoms with Crippen LogP contribution in [-0.2, 0) is 34.0 Å². The summed E-state index contributed by atoms with van der Waals surface area (Å²) < 4.78 is 60.9. The van der Waals surface area contributed by atoms with E-state index in [1.54, 1.807) is 48.5 Å². The number of nitrogens with zero attached hydrogens (tertiary/aromatic N) is 1. The second kappa shape index (κ2) is 15.1. The van der Waals surface area contributed by atoms with Crippen molar-refractivity contribution in [3.05, 3.63) is 157 Å². The topological polar surface area (TPSA) is 74.2 Å². The summed E-state index contributed by atoms with van der Waals surface area (Å²) in [5, 5.41) is 2.89. The van der Waals surface area contributed by atoms with Crippen molar-refractivity contribution in [1.82, 2.24) is 3.97 Å². The number of aryl methyl sites for hydroxylation is 1. The van der Waals surface area contributed by atoms with Gasteiger partial charge in [0.25, 0.3) is 10.0 Å². The molecule has 1 atom stereocenters. The largest absolute Gasteiger partial charge is 0.593 e. The SMILES string of the molecule is CC(C)(CCc1ccc(F)cc1)[S+]([O-])Nc1c(CP(c2ccccc2)c2ccccc2)n(S(=O)(=O)c2ccccc2)c2ccccc12.[B]. The van der Waals surface area contributed by atoms with Gasteiger partial charge >= 0.3 is 0 Å². The van der Waals surface area contributed by atoms with Crippen LogP contribution in [-0.4, -0.2) is 30.1 Å². The fraction of sp³-hybridized carbons (Fsp3) is 0.158. The Hall–Kier alpha value is -3.88. The second-order valence-electron chi connectivity index (χ2n) is 11.9. The number of anilines is 1. The number of fused-ring (bicyclic) bond motifs is 1. The molecule has 0 aliphatic heterocycles. The molecule has 0 aliphatic carbocycles. The first-order chi connectivity index (χ1) is 22.6. The normalized spacial score (nSPS) is 12.5. The maximum Gasteiger partial charge on any atom is 0.268 e. The van der Waals surface area contributed by atoms with Crippen LogP contribution in [0.2, 0.25) is 0 Å². The number of para-hydroxylation sites is 1. The molecule has 1 heterocycles. The van der Waals surface area contributed by atoms with Crippen LogP contribution in [0.1, 0.15) is 31.5 Å².